The van der Waals surface area contributed by atoms with Crippen molar-refractivity contribution in [3.8, 4) is 17.2 Å². The number of amides is 1. The third kappa shape index (κ3) is 7.64. The van der Waals surface area contributed by atoms with Gasteiger partial charge in [-0.25, -0.2) is 0 Å². The molecule has 0 aromatic heterocycles. The number of rotatable bonds is 8. The molecular formula is C19H32N4O4. The number of ether oxygens (including phenoxy) is 3. The zero-order chi connectivity index (χ0) is 20.4. The first-order chi connectivity index (χ1) is 12.7. The summed E-state index contributed by atoms with van der Waals surface area (Å²) in [5.41, 5.74) is 0.659. The van der Waals surface area contributed by atoms with Crippen molar-refractivity contribution in [2.45, 2.75) is 32.7 Å². The van der Waals surface area contributed by atoms with E-state index in [0.29, 0.717) is 36.2 Å². The van der Waals surface area contributed by atoms with Crippen molar-refractivity contribution in [2.75, 3.05) is 41.5 Å². The van der Waals surface area contributed by atoms with E-state index in [1.54, 1.807) is 28.4 Å². The molecule has 0 saturated carbocycles. The Morgan fingerprint density at radius 1 is 1.04 bits per heavy atom. The monoisotopic (exact) mass is 380 g/mol. The van der Waals surface area contributed by atoms with Gasteiger partial charge in [0.05, 0.1) is 27.9 Å². The van der Waals surface area contributed by atoms with Crippen LogP contribution in [0.1, 0.15) is 26.3 Å². The molecule has 8 heteroatoms. The Morgan fingerprint density at radius 2 is 1.63 bits per heavy atom. The lowest BCUT2D eigenvalue weighted by Crippen LogP contribution is -2.48. The van der Waals surface area contributed by atoms with Gasteiger partial charge in [0.25, 0.3) is 0 Å². The maximum absolute atomic E-state index is 11.9. The van der Waals surface area contributed by atoms with Crippen LogP contribution in [0.5, 0.6) is 17.2 Å². The zero-order valence-corrected chi connectivity index (χ0v) is 17.4. The van der Waals surface area contributed by atoms with E-state index in [-0.39, 0.29) is 18.0 Å². The summed E-state index contributed by atoms with van der Waals surface area (Å²) in [5, 5.41) is 9.07. The van der Waals surface area contributed by atoms with Gasteiger partial charge in [-0.2, -0.15) is 0 Å². The molecule has 1 aromatic carbocycles. The van der Waals surface area contributed by atoms with Gasteiger partial charge in [-0.3, -0.25) is 9.79 Å². The van der Waals surface area contributed by atoms with Gasteiger partial charge in [-0.1, -0.05) is 0 Å². The first kappa shape index (κ1) is 22.4. The largest absolute Gasteiger partial charge is 0.496 e. The highest BCUT2D eigenvalue weighted by Gasteiger charge is 2.15. The predicted octanol–water partition coefficient (Wildman–Crippen LogP) is 1.33. The lowest BCUT2D eigenvalue weighted by Gasteiger charge is -2.21. The summed E-state index contributed by atoms with van der Waals surface area (Å²) in [6.45, 7) is 6.54. The van der Waals surface area contributed by atoms with Gasteiger partial charge >= 0.3 is 0 Å². The average molecular weight is 380 g/mol. The fraction of sp³-hybridized carbons (Fsp3) is 0.579. The summed E-state index contributed by atoms with van der Waals surface area (Å²) >= 11 is 0. The minimum absolute atomic E-state index is 0.0936. The molecule has 152 valence electrons. The van der Waals surface area contributed by atoms with Crippen molar-refractivity contribution in [1.29, 1.82) is 0 Å². The Balaban J connectivity index is 2.64. The molecule has 8 nitrogen and oxygen atoms in total. The van der Waals surface area contributed by atoms with E-state index in [1.807, 2.05) is 32.9 Å². The van der Waals surface area contributed by atoms with E-state index in [2.05, 4.69) is 20.9 Å². The molecule has 0 heterocycles. The van der Waals surface area contributed by atoms with Crippen LogP contribution < -0.4 is 30.2 Å². The minimum Gasteiger partial charge on any atom is -0.496 e. The van der Waals surface area contributed by atoms with Crippen molar-refractivity contribution in [3.05, 3.63) is 17.7 Å². The summed E-state index contributed by atoms with van der Waals surface area (Å²) in [6.07, 6.45) is 0.644. The van der Waals surface area contributed by atoms with E-state index < -0.39 is 0 Å². The Bertz CT molecular complexity index is 629. The van der Waals surface area contributed by atoms with Crippen molar-refractivity contribution >= 4 is 11.9 Å². The summed E-state index contributed by atoms with van der Waals surface area (Å²) in [7, 11) is 6.48. The van der Waals surface area contributed by atoms with Crippen LogP contribution in [0.2, 0.25) is 0 Å². The lowest BCUT2D eigenvalue weighted by atomic mass is 10.1. The Kier molecular flexibility index (Phi) is 8.71. The molecule has 0 saturated heterocycles. The highest BCUT2D eigenvalue weighted by molar-refractivity contribution is 5.86. The van der Waals surface area contributed by atoms with Gasteiger partial charge in [-0.15, -0.1) is 0 Å². The van der Waals surface area contributed by atoms with E-state index in [9.17, 15) is 4.79 Å². The summed E-state index contributed by atoms with van der Waals surface area (Å²) in [4.78, 5) is 16.0. The summed E-state index contributed by atoms with van der Waals surface area (Å²) in [6, 6.07) is 3.64. The Morgan fingerprint density at radius 3 is 2.07 bits per heavy atom. The number of guanidine groups is 1. The topological polar surface area (TPSA) is 93.2 Å². The van der Waals surface area contributed by atoms with Crippen LogP contribution in [-0.2, 0) is 11.2 Å². The molecule has 0 aliphatic heterocycles. The number of nitrogens with one attached hydrogen (secondary N) is 3. The minimum atomic E-state index is -0.267. The number of benzene rings is 1. The highest BCUT2D eigenvalue weighted by Crippen LogP contribution is 2.34. The lowest BCUT2D eigenvalue weighted by molar-refractivity contribution is -0.121. The van der Waals surface area contributed by atoms with Crippen molar-refractivity contribution in [3.63, 3.8) is 0 Å². The summed E-state index contributed by atoms with van der Waals surface area (Å²) in [5.74, 6) is 2.51. The van der Waals surface area contributed by atoms with Gasteiger partial charge in [-0.05, 0) is 27.2 Å². The molecule has 0 atom stereocenters. The van der Waals surface area contributed by atoms with Gasteiger partial charge in [0, 0.05) is 36.8 Å². The molecule has 1 rings (SSSR count). The van der Waals surface area contributed by atoms with Crippen LogP contribution in [0.4, 0.5) is 0 Å². The number of carbonyl (C=O) groups is 1. The van der Waals surface area contributed by atoms with Crippen molar-refractivity contribution in [1.82, 2.24) is 16.0 Å². The third-order valence-corrected chi connectivity index (χ3v) is 3.64. The molecule has 0 spiro atoms. The fourth-order valence-corrected chi connectivity index (χ4v) is 2.48. The van der Waals surface area contributed by atoms with Crippen molar-refractivity contribution < 1.29 is 19.0 Å². The predicted molar refractivity (Wildman–Crippen MR) is 107 cm³/mol. The average Bonchev–Trinajstić information content (AvgIpc) is 2.62. The first-order valence-corrected chi connectivity index (χ1v) is 8.78. The molecule has 0 aliphatic rings. The van der Waals surface area contributed by atoms with Crippen LogP contribution in [0.15, 0.2) is 17.1 Å². The van der Waals surface area contributed by atoms with Crippen LogP contribution in [0.25, 0.3) is 0 Å². The fourth-order valence-electron chi connectivity index (χ4n) is 2.48. The standard InChI is InChI=1S/C19H32N4O4/c1-19(2,3)23-17(24)12-22-18(20-4)21-9-8-14-15(26-6)10-13(25-5)11-16(14)27-7/h10-11H,8-9,12H2,1-7H3,(H,23,24)(H2,20,21,22). The second-order valence-corrected chi connectivity index (χ2v) is 6.91. The molecule has 0 radical (unpaired) electrons. The Hall–Kier alpha value is -2.64. The highest BCUT2D eigenvalue weighted by atomic mass is 16.5. The molecule has 1 aromatic rings. The van der Waals surface area contributed by atoms with Gasteiger partial charge < -0.3 is 30.2 Å². The molecule has 0 fully saturated rings. The number of methoxy groups -OCH3 is 3. The van der Waals surface area contributed by atoms with Crippen LogP contribution in [0.3, 0.4) is 0 Å². The maximum Gasteiger partial charge on any atom is 0.239 e. The van der Waals surface area contributed by atoms with Crippen LogP contribution >= 0.6 is 0 Å². The number of hydrogen-bond donors (Lipinski definition) is 3. The molecule has 3 N–H and O–H groups in total. The van der Waals surface area contributed by atoms with Gasteiger partial charge in [0.15, 0.2) is 5.96 Å². The molecule has 27 heavy (non-hydrogen) atoms. The SMILES string of the molecule is CN=C(NCCc1c(OC)cc(OC)cc1OC)NCC(=O)NC(C)(C)C. The zero-order valence-electron chi connectivity index (χ0n) is 17.4. The van der Waals surface area contributed by atoms with E-state index >= 15 is 0 Å². The Labute approximate surface area is 161 Å². The molecule has 1 amide bonds. The normalized spacial score (nSPS) is 11.6. The van der Waals surface area contributed by atoms with Crippen LogP contribution in [0, 0.1) is 0 Å². The molecule has 0 bridgehead atoms. The maximum atomic E-state index is 11.9. The molecule has 0 unspecified atom stereocenters. The van der Waals surface area contributed by atoms with Gasteiger partial charge in [0.2, 0.25) is 5.91 Å². The smallest absolute Gasteiger partial charge is 0.239 e. The quantitative estimate of drug-likeness (QED) is 0.465. The second-order valence-electron chi connectivity index (χ2n) is 6.91. The number of carbonyl (C=O) groups excluding carboxylic acids is 1. The molecular weight excluding hydrogens is 348 g/mol. The first-order valence-electron chi connectivity index (χ1n) is 8.78. The molecule has 0 aliphatic carbocycles. The van der Waals surface area contributed by atoms with Crippen molar-refractivity contribution in [2.24, 2.45) is 4.99 Å². The summed E-state index contributed by atoms with van der Waals surface area (Å²) < 4.78 is 16.2. The number of aliphatic imine (C=N–C) groups is 1. The van der Waals surface area contributed by atoms with E-state index in [4.69, 9.17) is 14.2 Å². The number of nitrogens with zero attached hydrogens (tertiary/aromatic N) is 1. The van der Waals surface area contributed by atoms with Crippen LogP contribution in [-0.4, -0.2) is 58.9 Å². The van der Waals surface area contributed by atoms with E-state index in [0.717, 1.165) is 5.56 Å². The third-order valence-electron chi connectivity index (χ3n) is 3.64. The van der Waals surface area contributed by atoms with E-state index in [1.165, 1.54) is 0 Å². The van der Waals surface area contributed by atoms with Gasteiger partial charge in [0.1, 0.15) is 17.2 Å². The number of hydrogen-bond acceptors (Lipinski definition) is 5. The second kappa shape index (κ2) is 10.5.